The molecule has 2 amide bonds. The highest BCUT2D eigenvalue weighted by atomic mass is 32.2. The molecule has 1 aliphatic rings. The maximum Gasteiger partial charge on any atom is 0.576 e. The van der Waals surface area contributed by atoms with E-state index < -0.39 is 38.4 Å². The van der Waals surface area contributed by atoms with Crippen LogP contribution in [0, 0.1) is 5.41 Å². The van der Waals surface area contributed by atoms with Crippen molar-refractivity contribution >= 4 is 42.8 Å². The van der Waals surface area contributed by atoms with Gasteiger partial charge in [0.15, 0.2) is 11.2 Å². The minimum atomic E-state index is -3.98. The highest BCUT2D eigenvalue weighted by Crippen LogP contribution is 2.63. The number of aromatic nitrogens is 2. The fourth-order valence-corrected chi connectivity index (χ4v) is 5.23. The maximum atomic E-state index is 12.8. The van der Waals surface area contributed by atoms with Crippen molar-refractivity contribution < 1.29 is 42.4 Å². The monoisotopic (exact) mass is 577 g/mol. The van der Waals surface area contributed by atoms with Crippen LogP contribution in [0.3, 0.4) is 0 Å². The van der Waals surface area contributed by atoms with Crippen molar-refractivity contribution in [1.82, 2.24) is 20.4 Å². The summed E-state index contributed by atoms with van der Waals surface area (Å²) in [5.41, 5.74) is -0.174. The Kier molecular flexibility index (Phi) is 11.3. The van der Waals surface area contributed by atoms with Gasteiger partial charge in [-0.25, -0.2) is 4.79 Å². The Morgan fingerprint density at radius 1 is 1.26 bits per heavy atom. The third-order valence-corrected chi connectivity index (χ3v) is 7.61. The van der Waals surface area contributed by atoms with E-state index in [1.807, 2.05) is 20.8 Å². The number of carbonyl (C=O) groups is 4. The van der Waals surface area contributed by atoms with Crippen LogP contribution >= 0.6 is 19.9 Å². The van der Waals surface area contributed by atoms with E-state index in [9.17, 15) is 24.1 Å². The molecule has 0 aromatic carbocycles. The van der Waals surface area contributed by atoms with E-state index in [-0.39, 0.29) is 41.7 Å². The molecule has 1 aromatic rings. The molecule has 1 aromatic heterocycles. The number of rotatable bonds is 11. The van der Waals surface area contributed by atoms with Crippen LogP contribution in [-0.2, 0) is 45.2 Å². The molecule has 38 heavy (non-hydrogen) atoms. The lowest BCUT2D eigenvalue weighted by atomic mass is 9.87. The lowest BCUT2D eigenvalue weighted by Crippen LogP contribution is -2.51. The van der Waals surface area contributed by atoms with Crippen LogP contribution < -0.4 is 10.6 Å². The van der Waals surface area contributed by atoms with E-state index in [2.05, 4.69) is 15.7 Å². The summed E-state index contributed by atoms with van der Waals surface area (Å²) in [6, 6.07) is 1.62. The Morgan fingerprint density at radius 2 is 1.95 bits per heavy atom. The molecule has 15 heteroatoms. The molecule has 1 aliphatic heterocycles. The number of nitrogens with one attached hydrogen (secondary N) is 2. The van der Waals surface area contributed by atoms with Gasteiger partial charge in [-0.2, -0.15) is 14.5 Å². The van der Waals surface area contributed by atoms with Gasteiger partial charge in [0.05, 0.1) is 5.69 Å². The van der Waals surface area contributed by atoms with Gasteiger partial charge in [-0.1, -0.05) is 46.4 Å². The van der Waals surface area contributed by atoms with Gasteiger partial charge >= 0.3 is 14.1 Å². The predicted octanol–water partition coefficient (Wildman–Crippen LogP) is 1.86. The third kappa shape index (κ3) is 9.58. The Hall–Kier alpha value is -2.09. The predicted molar refractivity (Wildman–Crippen MR) is 141 cm³/mol. The molecule has 214 valence electrons. The lowest BCUT2D eigenvalue weighted by Gasteiger charge is -2.36. The highest BCUT2D eigenvalue weighted by molar-refractivity contribution is 8.13. The molecule has 0 spiro atoms. The van der Waals surface area contributed by atoms with Gasteiger partial charge in [0.2, 0.25) is 12.7 Å². The van der Waals surface area contributed by atoms with Gasteiger partial charge in [0.25, 0.3) is 5.91 Å². The first kappa shape index (κ1) is 32.1. The Morgan fingerprint density at radius 3 is 2.55 bits per heavy atom. The number of aryl methyl sites for hydroxylation is 1. The second kappa shape index (κ2) is 13.3. The van der Waals surface area contributed by atoms with Gasteiger partial charge in [0, 0.05) is 50.1 Å². The first-order valence-corrected chi connectivity index (χ1v) is 14.5. The second-order valence-corrected chi connectivity index (χ2v) is 13.4. The number of amides is 2. The van der Waals surface area contributed by atoms with Gasteiger partial charge in [-0.05, 0) is 6.07 Å². The average molecular weight is 578 g/mol. The van der Waals surface area contributed by atoms with Crippen molar-refractivity contribution in [2.75, 3.05) is 32.2 Å². The first-order chi connectivity index (χ1) is 17.5. The number of nitrogens with zero attached hydrogens (tertiary/aromatic N) is 2. The third-order valence-electron chi connectivity index (χ3n) is 5.43. The smallest absolute Gasteiger partial charge is 0.429 e. The molecule has 1 unspecified atom stereocenters. The number of esters is 1. The van der Waals surface area contributed by atoms with Gasteiger partial charge < -0.3 is 15.4 Å². The van der Waals surface area contributed by atoms with E-state index in [4.69, 9.17) is 18.3 Å². The van der Waals surface area contributed by atoms with Crippen LogP contribution in [0.2, 0.25) is 0 Å². The summed E-state index contributed by atoms with van der Waals surface area (Å²) in [7, 11) is -2.37. The van der Waals surface area contributed by atoms with E-state index in [0.29, 0.717) is 18.0 Å². The SMILES string of the molecule is CC(=O)SCCNC(=O)CCNC(=O)[C@@H]1O[P+](O)(OCOC(=O)c2cc(C(C)(C)C)nn2C)OCC1(C)C. The van der Waals surface area contributed by atoms with Crippen molar-refractivity contribution in [3.8, 4) is 0 Å². The Bertz CT molecular complexity index is 1030. The molecule has 3 N–H and O–H groups in total. The molecule has 0 bridgehead atoms. The van der Waals surface area contributed by atoms with Gasteiger partial charge in [-0.15, -0.1) is 9.05 Å². The van der Waals surface area contributed by atoms with E-state index in [1.165, 1.54) is 11.6 Å². The summed E-state index contributed by atoms with van der Waals surface area (Å²) in [6.45, 7) is 10.4. The number of carbonyl (C=O) groups excluding carboxylic acids is 4. The molecule has 2 heterocycles. The summed E-state index contributed by atoms with van der Waals surface area (Å²) in [5, 5.41) is 9.57. The number of hydrogen-bond donors (Lipinski definition) is 3. The summed E-state index contributed by atoms with van der Waals surface area (Å²) in [6.07, 6.45) is -1.12. The van der Waals surface area contributed by atoms with Crippen LogP contribution in [0.5, 0.6) is 0 Å². The second-order valence-electron chi connectivity index (χ2n) is 10.4. The number of thioether (sulfide) groups is 1. The fourth-order valence-electron chi connectivity index (χ4n) is 3.21. The number of ether oxygens (including phenoxy) is 1. The first-order valence-electron chi connectivity index (χ1n) is 12.0. The van der Waals surface area contributed by atoms with E-state index in [1.54, 1.807) is 27.0 Å². The normalized spacial score (nSPS) is 21.0. The topological polar surface area (TPSA) is 167 Å². The fraction of sp³-hybridized carbons (Fsp3) is 0.696. The van der Waals surface area contributed by atoms with Crippen LogP contribution in [0.4, 0.5) is 0 Å². The van der Waals surface area contributed by atoms with E-state index in [0.717, 1.165) is 11.8 Å². The maximum absolute atomic E-state index is 12.8. The molecule has 1 saturated heterocycles. The highest BCUT2D eigenvalue weighted by Gasteiger charge is 2.59. The molecule has 0 saturated carbocycles. The largest absolute Gasteiger partial charge is 0.576 e. The zero-order chi connectivity index (χ0) is 28.7. The molecule has 1 fully saturated rings. The van der Waals surface area contributed by atoms with Crippen molar-refractivity contribution in [3.05, 3.63) is 17.5 Å². The summed E-state index contributed by atoms with van der Waals surface area (Å²) < 4.78 is 22.7. The lowest BCUT2D eigenvalue weighted by molar-refractivity contribution is -0.146. The summed E-state index contributed by atoms with van der Waals surface area (Å²) in [5.74, 6) is -1.08. The molecule has 0 radical (unpaired) electrons. The Balaban J connectivity index is 1.85. The van der Waals surface area contributed by atoms with Crippen molar-refractivity contribution in [2.45, 2.75) is 59.5 Å². The van der Waals surface area contributed by atoms with Crippen molar-refractivity contribution in [2.24, 2.45) is 12.5 Å². The van der Waals surface area contributed by atoms with Gasteiger partial charge in [-0.3, -0.25) is 19.1 Å². The summed E-state index contributed by atoms with van der Waals surface area (Å²) in [4.78, 5) is 58.8. The molecule has 0 aliphatic carbocycles. The average Bonchev–Trinajstić information content (AvgIpc) is 3.21. The van der Waals surface area contributed by atoms with Crippen molar-refractivity contribution in [1.29, 1.82) is 0 Å². The molecule has 13 nitrogen and oxygen atoms in total. The molecular formula is C23H38N4O9PS+. The minimum Gasteiger partial charge on any atom is -0.429 e. The van der Waals surface area contributed by atoms with Crippen LogP contribution in [0.15, 0.2) is 6.07 Å². The van der Waals surface area contributed by atoms with Crippen molar-refractivity contribution in [3.63, 3.8) is 0 Å². The van der Waals surface area contributed by atoms with Gasteiger partial charge in [0.1, 0.15) is 12.3 Å². The van der Waals surface area contributed by atoms with Crippen LogP contribution in [0.25, 0.3) is 0 Å². The zero-order valence-electron chi connectivity index (χ0n) is 22.9. The summed E-state index contributed by atoms with van der Waals surface area (Å²) >= 11 is 1.11. The minimum absolute atomic E-state index is 0.0247. The molecule has 2 rings (SSSR count). The van der Waals surface area contributed by atoms with Crippen LogP contribution in [-0.4, -0.2) is 75.9 Å². The molecule has 2 atom stereocenters. The quantitative estimate of drug-likeness (QED) is 0.152. The zero-order valence-corrected chi connectivity index (χ0v) is 24.6. The Labute approximate surface area is 227 Å². The number of hydrogen-bond acceptors (Lipinski definition) is 11. The molecular weight excluding hydrogens is 539 g/mol. The van der Waals surface area contributed by atoms with E-state index >= 15 is 0 Å². The standard InChI is InChI=1S/C23H37N4O9PS/c1-15(28)38-11-10-24-18(29)8-9-25-20(30)19-23(5,6)13-34-37(32,36-19)35-14-33-21(31)16-12-17(22(2,3)4)26-27(16)7/h12,19,32H,8-11,13-14H2,1-7H3,(H-,24,25,29,30)/p+1/t19-,37?/m0/s1. The van der Waals surface area contributed by atoms with Crippen LogP contribution in [0.1, 0.15) is 64.1 Å².